The van der Waals surface area contributed by atoms with Crippen LogP contribution in [0.25, 0.3) is 11.0 Å². The van der Waals surface area contributed by atoms with Crippen molar-refractivity contribution in [2.24, 2.45) is 0 Å². The van der Waals surface area contributed by atoms with Gasteiger partial charge in [-0.15, -0.1) is 0 Å². The average Bonchev–Trinajstić information content (AvgIpc) is 2.99. The smallest absolute Gasteiger partial charge is 0.167 e. The van der Waals surface area contributed by atoms with Crippen LogP contribution in [-0.4, -0.2) is 5.16 Å². The van der Waals surface area contributed by atoms with Crippen molar-refractivity contribution in [1.29, 1.82) is 0 Å². The van der Waals surface area contributed by atoms with Gasteiger partial charge >= 0.3 is 0 Å². The Morgan fingerprint density at radius 2 is 1.95 bits per heavy atom. The average molecular weight is 314 g/mol. The van der Waals surface area contributed by atoms with Crippen molar-refractivity contribution < 1.29 is 9.26 Å². The van der Waals surface area contributed by atoms with Crippen LogP contribution in [0.3, 0.4) is 0 Å². The van der Waals surface area contributed by atoms with Gasteiger partial charge in [0.2, 0.25) is 0 Å². The second kappa shape index (κ2) is 5.65. The molecule has 0 atom stereocenters. The fourth-order valence-corrected chi connectivity index (χ4v) is 3.23. The van der Waals surface area contributed by atoms with E-state index in [-0.39, 0.29) is 0 Å². The Hall–Kier alpha value is -2.00. The van der Waals surface area contributed by atoms with Crippen molar-refractivity contribution in [2.75, 3.05) is 0 Å². The van der Waals surface area contributed by atoms with Crippen molar-refractivity contribution in [3.63, 3.8) is 0 Å². The predicted octanol–water partition coefficient (Wildman–Crippen LogP) is 4.94. The van der Waals surface area contributed by atoms with E-state index >= 15 is 0 Å². The number of hydrogen-bond acceptors (Lipinski definition) is 3. The summed E-state index contributed by atoms with van der Waals surface area (Å²) in [4.78, 5) is 0. The van der Waals surface area contributed by atoms with Gasteiger partial charge in [0.15, 0.2) is 5.58 Å². The van der Waals surface area contributed by atoms with Crippen molar-refractivity contribution in [1.82, 2.24) is 5.16 Å². The quantitative estimate of drug-likeness (QED) is 0.687. The summed E-state index contributed by atoms with van der Waals surface area (Å²) in [6, 6.07) is 10.1. The standard InChI is InChI=1S/C18H16ClNO2/c19-17-8-14-10-20-22-18(14)9-15(17)11-21-16-6-5-12-3-1-2-4-13(12)7-16/h5-10H,1-4,11H2. The van der Waals surface area contributed by atoms with Gasteiger partial charge in [0.25, 0.3) is 0 Å². The first-order valence-electron chi connectivity index (χ1n) is 7.57. The highest BCUT2D eigenvalue weighted by Gasteiger charge is 2.11. The van der Waals surface area contributed by atoms with Crippen molar-refractivity contribution in [3.05, 3.63) is 58.2 Å². The molecule has 0 fully saturated rings. The largest absolute Gasteiger partial charge is 0.489 e. The fourth-order valence-electron chi connectivity index (χ4n) is 3.00. The molecule has 4 rings (SSSR count). The number of rotatable bonds is 3. The van der Waals surface area contributed by atoms with Gasteiger partial charge in [0, 0.05) is 16.0 Å². The molecule has 0 amide bonds. The zero-order valence-corrected chi connectivity index (χ0v) is 12.9. The Morgan fingerprint density at radius 3 is 2.86 bits per heavy atom. The maximum Gasteiger partial charge on any atom is 0.167 e. The monoisotopic (exact) mass is 313 g/mol. The van der Waals surface area contributed by atoms with E-state index in [0.29, 0.717) is 11.6 Å². The number of benzene rings is 2. The first-order chi connectivity index (χ1) is 10.8. The molecule has 1 aromatic heterocycles. The van der Waals surface area contributed by atoms with Gasteiger partial charge in [0.1, 0.15) is 12.4 Å². The Bertz CT molecular complexity index is 825. The van der Waals surface area contributed by atoms with E-state index in [4.69, 9.17) is 20.9 Å². The van der Waals surface area contributed by atoms with E-state index in [9.17, 15) is 0 Å². The van der Waals surface area contributed by atoms with Crippen LogP contribution in [0.5, 0.6) is 5.75 Å². The zero-order chi connectivity index (χ0) is 14.9. The van der Waals surface area contributed by atoms with Gasteiger partial charge in [-0.05, 0) is 61.1 Å². The lowest BCUT2D eigenvalue weighted by molar-refractivity contribution is 0.305. The Kier molecular flexibility index (Phi) is 3.51. The number of halogens is 1. The third-order valence-corrected chi connectivity index (χ3v) is 4.59. The van der Waals surface area contributed by atoms with Crippen LogP contribution in [-0.2, 0) is 19.4 Å². The highest BCUT2D eigenvalue weighted by Crippen LogP contribution is 2.28. The molecule has 0 spiro atoms. The first-order valence-corrected chi connectivity index (χ1v) is 7.95. The van der Waals surface area contributed by atoms with E-state index in [1.165, 1.54) is 30.4 Å². The molecule has 0 bridgehead atoms. The van der Waals surface area contributed by atoms with Crippen LogP contribution >= 0.6 is 11.6 Å². The van der Waals surface area contributed by atoms with E-state index in [1.807, 2.05) is 18.2 Å². The van der Waals surface area contributed by atoms with Crippen molar-refractivity contribution in [2.45, 2.75) is 32.3 Å². The third-order valence-electron chi connectivity index (χ3n) is 4.24. The predicted molar refractivity (Wildman–Crippen MR) is 86.4 cm³/mol. The van der Waals surface area contributed by atoms with Crippen LogP contribution < -0.4 is 4.74 Å². The Labute approximate surface area is 133 Å². The lowest BCUT2D eigenvalue weighted by Gasteiger charge is -2.17. The number of nitrogens with zero attached hydrogens (tertiary/aromatic N) is 1. The lowest BCUT2D eigenvalue weighted by Crippen LogP contribution is -2.03. The summed E-state index contributed by atoms with van der Waals surface area (Å²) in [5.74, 6) is 0.898. The maximum absolute atomic E-state index is 6.29. The van der Waals surface area contributed by atoms with Crippen LogP contribution in [0.1, 0.15) is 29.5 Å². The summed E-state index contributed by atoms with van der Waals surface area (Å²) in [6.45, 7) is 0.425. The van der Waals surface area contributed by atoms with Crippen LogP contribution in [0.4, 0.5) is 0 Å². The van der Waals surface area contributed by atoms with Crippen LogP contribution in [0.2, 0.25) is 5.02 Å². The lowest BCUT2D eigenvalue weighted by atomic mass is 9.92. The minimum atomic E-state index is 0.425. The molecule has 1 aliphatic carbocycles. The second-order valence-electron chi connectivity index (χ2n) is 5.73. The van der Waals surface area contributed by atoms with E-state index < -0.39 is 0 Å². The number of hydrogen-bond donors (Lipinski definition) is 0. The molecule has 0 N–H and O–H groups in total. The van der Waals surface area contributed by atoms with E-state index in [1.54, 1.807) is 6.20 Å². The van der Waals surface area contributed by atoms with Gasteiger partial charge in [-0.25, -0.2) is 0 Å². The molecule has 4 heteroatoms. The Morgan fingerprint density at radius 1 is 1.09 bits per heavy atom. The fraction of sp³-hybridized carbons (Fsp3) is 0.278. The summed E-state index contributed by atoms with van der Waals surface area (Å²) < 4.78 is 11.1. The minimum absolute atomic E-state index is 0.425. The van der Waals surface area contributed by atoms with Gasteiger partial charge in [0.05, 0.1) is 6.20 Å². The van der Waals surface area contributed by atoms with Gasteiger partial charge in [-0.2, -0.15) is 0 Å². The molecule has 3 aromatic rings. The van der Waals surface area contributed by atoms with E-state index in [2.05, 4.69) is 17.3 Å². The summed E-state index contributed by atoms with van der Waals surface area (Å²) >= 11 is 6.29. The SMILES string of the molecule is Clc1cc2cnoc2cc1COc1ccc2c(c1)CCCC2. The molecular weight excluding hydrogens is 298 g/mol. The number of ether oxygens (including phenoxy) is 1. The number of aryl methyl sites for hydroxylation is 2. The molecule has 0 unspecified atom stereocenters. The highest BCUT2D eigenvalue weighted by atomic mass is 35.5. The topological polar surface area (TPSA) is 35.3 Å². The molecule has 112 valence electrons. The molecule has 1 heterocycles. The maximum atomic E-state index is 6.29. The minimum Gasteiger partial charge on any atom is -0.489 e. The zero-order valence-electron chi connectivity index (χ0n) is 12.1. The van der Waals surface area contributed by atoms with Gasteiger partial charge in [-0.3, -0.25) is 0 Å². The molecule has 1 aliphatic rings. The third kappa shape index (κ3) is 2.57. The summed E-state index contributed by atoms with van der Waals surface area (Å²) in [5, 5.41) is 5.36. The summed E-state index contributed by atoms with van der Waals surface area (Å²) in [5.41, 5.74) is 4.51. The molecule has 0 aliphatic heterocycles. The summed E-state index contributed by atoms with van der Waals surface area (Å²) in [6.07, 6.45) is 6.56. The summed E-state index contributed by atoms with van der Waals surface area (Å²) in [7, 11) is 0. The Balaban J connectivity index is 1.54. The molecule has 2 aromatic carbocycles. The highest BCUT2D eigenvalue weighted by molar-refractivity contribution is 6.32. The molecular formula is C18H16ClNO2. The van der Waals surface area contributed by atoms with E-state index in [0.717, 1.165) is 28.7 Å². The van der Waals surface area contributed by atoms with Crippen LogP contribution in [0, 0.1) is 0 Å². The van der Waals surface area contributed by atoms with Gasteiger partial charge < -0.3 is 9.26 Å². The molecule has 22 heavy (non-hydrogen) atoms. The van der Waals surface area contributed by atoms with Crippen molar-refractivity contribution >= 4 is 22.6 Å². The van der Waals surface area contributed by atoms with Crippen LogP contribution in [0.15, 0.2) is 41.1 Å². The second-order valence-corrected chi connectivity index (χ2v) is 6.14. The first kappa shape index (κ1) is 13.6. The molecule has 0 saturated carbocycles. The molecule has 0 saturated heterocycles. The van der Waals surface area contributed by atoms with Gasteiger partial charge in [-0.1, -0.05) is 22.8 Å². The number of aromatic nitrogens is 1. The van der Waals surface area contributed by atoms with Crippen molar-refractivity contribution in [3.8, 4) is 5.75 Å². The molecule has 0 radical (unpaired) electrons. The normalized spacial score (nSPS) is 14.0. The number of fused-ring (bicyclic) bond motifs is 2. The molecule has 3 nitrogen and oxygen atoms in total.